The van der Waals surface area contributed by atoms with Gasteiger partial charge in [0.15, 0.2) is 0 Å². The van der Waals surface area contributed by atoms with Gasteiger partial charge in [-0.1, -0.05) is 35.1 Å². The number of imidazole rings is 1. The molecule has 0 bridgehead atoms. The summed E-state index contributed by atoms with van der Waals surface area (Å²) in [6.07, 6.45) is 1.63. The van der Waals surface area contributed by atoms with Crippen LogP contribution in [-0.2, 0) is 6.54 Å². The minimum atomic E-state index is -0.213. The Kier molecular flexibility index (Phi) is 3.42. The van der Waals surface area contributed by atoms with Gasteiger partial charge in [0.25, 0.3) is 5.91 Å². The van der Waals surface area contributed by atoms with E-state index >= 15 is 0 Å². The Morgan fingerprint density at radius 3 is 2.85 bits per heavy atom. The number of hydrogen-bond donors (Lipinski definition) is 1. The van der Waals surface area contributed by atoms with Gasteiger partial charge >= 0.3 is 0 Å². The fourth-order valence-electron chi connectivity index (χ4n) is 1.78. The first-order chi connectivity index (χ1) is 9.61. The van der Waals surface area contributed by atoms with Crippen molar-refractivity contribution in [3.63, 3.8) is 0 Å². The maximum atomic E-state index is 12.0. The second-order valence-corrected chi connectivity index (χ2v) is 5.88. The molecule has 7 heteroatoms. The third-order valence-electron chi connectivity index (χ3n) is 2.74. The third kappa shape index (κ3) is 2.66. The highest BCUT2D eigenvalue weighted by Crippen LogP contribution is 2.13. The highest BCUT2D eigenvalue weighted by molar-refractivity contribution is 7.16. The maximum absolute atomic E-state index is 12.0. The maximum Gasteiger partial charge on any atom is 0.271 e. The molecule has 0 aliphatic heterocycles. The molecule has 1 N–H and O–H groups in total. The van der Waals surface area contributed by atoms with E-state index in [-0.39, 0.29) is 5.91 Å². The number of benzene rings is 1. The number of rotatable bonds is 3. The first-order valence-corrected chi connectivity index (χ1v) is 7.17. The lowest BCUT2D eigenvalue weighted by molar-refractivity contribution is 0.0946. The molecule has 0 fully saturated rings. The summed E-state index contributed by atoms with van der Waals surface area (Å²) in [7, 11) is 0. The van der Waals surface area contributed by atoms with Crippen molar-refractivity contribution in [3.05, 3.63) is 51.7 Å². The average molecular weight is 307 g/mol. The first kappa shape index (κ1) is 13.1. The third-order valence-corrected chi connectivity index (χ3v) is 3.83. The van der Waals surface area contributed by atoms with Crippen LogP contribution in [0, 0.1) is 6.92 Å². The van der Waals surface area contributed by atoms with Gasteiger partial charge in [0.05, 0.1) is 6.20 Å². The molecular weight excluding hydrogens is 296 g/mol. The van der Waals surface area contributed by atoms with E-state index in [4.69, 9.17) is 11.6 Å². The minimum absolute atomic E-state index is 0.213. The summed E-state index contributed by atoms with van der Waals surface area (Å²) in [5.74, 6) is -0.213. The van der Waals surface area contributed by atoms with Crippen molar-refractivity contribution < 1.29 is 4.79 Å². The van der Waals surface area contributed by atoms with E-state index < -0.39 is 0 Å². The Labute approximate surface area is 124 Å². The first-order valence-electron chi connectivity index (χ1n) is 5.97. The zero-order valence-electron chi connectivity index (χ0n) is 10.6. The van der Waals surface area contributed by atoms with Crippen molar-refractivity contribution in [1.82, 2.24) is 19.9 Å². The van der Waals surface area contributed by atoms with Crippen molar-refractivity contribution >= 4 is 33.8 Å². The summed E-state index contributed by atoms with van der Waals surface area (Å²) in [4.78, 5) is 17.0. The standard InChI is InChI=1S/C13H11ClN4OS/c1-8-17-18-7-11(16-13(18)20-8)12(19)15-6-9-2-4-10(14)5-3-9/h2-5,7H,6H2,1H3,(H,15,19). The molecule has 0 spiro atoms. The summed E-state index contributed by atoms with van der Waals surface area (Å²) in [6, 6.07) is 7.34. The van der Waals surface area contributed by atoms with Gasteiger partial charge in [-0.3, -0.25) is 4.79 Å². The molecule has 3 rings (SSSR count). The number of fused-ring (bicyclic) bond motifs is 1. The van der Waals surface area contributed by atoms with Crippen LogP contribution in [0.1, 0.15) is 21.1 Å². The van der Waals surface area contributed by atoms with Crippen molar-refractivity contribution in [2.45, 2.75) is 13.5 Å². The quantitative estimate of drug-likeness (QED) is 0.809. The number of aryl methyl sites for hydroxylation is 1. The van der Waals surface area contributed by atoms with Gasteiger partial charge in [-0.2, -0.15) is 5.10 Å². The van der Waals surface area contributed by atoms with Crippen LogP contribution in [0.3, 0.4) is 0 Å². The molecule has 102 valence electrons. The number of nitrogens with zero attached hydrogens (tertiary/aromatic N) is 3. The molecular formula is C13H11ClN4OS. The number of carbonyl (C=O) groups excluding carboxylic acids is 1. The van der Waals surface area contributed by atoms with Crippen LogP contribution in [0.2, 0.25) is 5.02 Å². The summed E-state index contributed by atoms with van der Waals surface area (Å²) in [5, 5.41) is 8.64. The highest BCUT2D eigenvalue weighted by Gasteiger charge is 2.12. The second kappa shape index (κ2) is 5.22. The lowest BCUT2D eigenvalue weighted by Gasteiger charge is -2.03. The molecule has 5 nitrogen and oxygen atoms in total. The zero-order chi connectivity index (χ0) is 14.1. The fourth-order valence-corrected chi connectivity index (χ4v) is 2.63. The van der Waals surface area contributed by atoms with Crippen LogP contribution in [-0.4, -0.2) is 20.5 Å². The average Bonchev–Trinajstić information content (AvgIpc) is 2.95. The van der Waals surface area contributed by atoms with Crippen LogP contribution in [0.4, 0.5) is 0 Å². The number of carbonyl (C=O) groups is 1. The molecule has 0 radical (unpaired) electrons. The van der Waals surface area contributed by atoms with E-state index in [1.165, 1.54) is 11.3 Å². The van der Waals surface area contributed by atoms with Crippen molar-refractivity contribution in [2.75, 3.05) is 0 Å². The van der Waals surface area contributed by atoms with E-state index in [1.807, 2.05) is 19.1 Å². The SMILES string of the molecule is Cc1nn2cc(C(=O)NCc3ccc(Cl)cc3)nc2s1. The molecule has 1 amide bonds. The molecule has 0 saturated heterocycles. The minimum Gasteiger partial charge on any atom is -0.347 e. The smallest absolute Gasteiger partial charge is 0.271 e. The Balaban J connectivity index is 1.69. The molecule has 20 heavy (non-hydrogen) atoms. The van der Waals surface area contributed by atoms with Gasteiger partial charge in [0.2, 0.25) is 4.96 Å². The zero-order valence-corrected chi connectivity index (χ0v) is 12.2. The van der Waals surface area contributed by atoms with Gasteiger partial charge in [0, 0.05) is 11.6 Å². The lowest BCUT2D eigenvalue weighted by atomic mass is 10.2. The topological polar surface area (TPSA) is 59.3 Å². The number of aromatic nitrogens is 3. The van der Waals surface area contributed by atoms with Gasteiger partial charge < -0.3 is 5.32 Å². The Morgan fingerprint density at radius 2 is 2.15 bits per heavy atom. The number of amides is 1. The summed E-state index contributed by atoms with van der Waals surface area (Å²) >= 11 is 7.26. The Hall–Kier alpha value is -1.92. The van der Waals surface area contributed by atoms with Gasteiger partial charge in [-0.05, 0) is 24.6 Å². The van der Waals surface area contributed by atoms with Crippen LogP contribution >= 0.6 is 22.9 Å². The van der Waals surface area contributed by atoms with Crippen LogP contribution in [0.15, 0.2) is 30.5 Å². The molecule has 1 aromatic carbocycles. The molecule has 0 atom stereocenters. The monoisotopic (exact) mass is 306 g/mol. The Bertz CT molecular complexity index is 731. The predicted molar refractivity (Wildman–Crippen MR) is 78.2 cm³/mol. The highest BCUT2D eigenvalue weighted by atomic mass is 35.5. The molecule has 0 aliphatic carbocycles. The number of hydrogen-bond acceptors (Lipinski definition) is 4. The van der Waals surface area contributed by atoms with E-state index in [0.717, 1.165) is 15.5 Å². The van der Waals surface area contributed by atoms with Crippen LogP contribution in [0.25, 0.3) is 4.96 Å². The molecule has 2 heterocycles. The molecule has 0 saturated carbocycles. The van der Waals surface area contributed by atoms with E-state index in [1.54, 1.807) is 22.8 Å². The van der Waals surface area contributed by atoms with Crippen molar-refractivity contribution in [1.29, 1.82) is 0 Å². The van der Waals surface area contributed by atoms with E-state index in [9.17, 15) is 4.79 Å². The van der Waals surface area contributed by atoms with Gasteiger partial charge in [-0.25, -0.2) is 9.50 Å². The number of halogens is 1. The van der Waals surface area contributed by atoms with Crippen molar-refractivity contribution in [2.24, 2.45) is 0 Å². The van der Waals surface area contributed by atoms with E-state index in [0.29, 0.717) is 17.3 Å². The van der Waals surface area contributed by atoms with E-state index in [2.05, 4.69) is 15.4 Å². The van der Waals surface area contributed by atoms with Gasteiger partial charge in [0.1, 0.15) is 10.7 Å². The predicted octanol–water partition coefficient (Wildman–Crippen LogP) is 2.68. The van der Waals surface area contributed by atoms with Gasteiger partial charge in [-0.15, -0.1) is 0 Å². The molecule has 3 aromatic rings. The number of nitrogens with one attached hydrogen (secondary N) is 1. The Morgan fingerprint density at radius 1 is 1.40 bits per heavy atom. The lowest BCUT2D eigenvalue weighted by Crippen LogP contribution is -2.23. The van der Waals surface area contributed by atoms with Crippen LogP contribution in [0.5, 0.6) is 0 Å². The van der Waals surface area contributed by atoms with Crippen molar-refractivity contribution in [3.8, 4) is 0 Å². The normalized spacial score (nSPS) is 10.9. The largest absolute Gasteiger partial charge is 0.347 e. The second-order valence-electron chi connectivity index (χ2n) is 4.28. The summed E-state index contributed by atoms with van der Waals surface area (Å²) < 4.78 is 1.62. The molecule has 0 aliphatic rings. The summed E-state index contributed by atoms with van der Waals surface area (Å²) in [5.41, 5.74) is 1.36. The molecule has 0 unspecified atom stereocenters. The fraction of sp³-hybridized carbons (Fsp3) is 0.154. The summed E-state index contributed by atoms with van der Waals surface area (Å²) in [6.45, 7) is 2.34. The van der Waals surface area contributed by atoms with Crippen LogP contribution < -0.4 is 5.32 Å². The molecule has 2 aromatic heterocycles.